The van der Waals surface area contributed by atoms with E-state index in [-0.39, 0.29) is 0 Å². The number of aromatic nitrogens is 2. The van der Waals surface area contributed by atoms with Crippen LogP contribution in [0, 0.1) is 12.8 Å². The Kier molecular flexibility index (Phi) is 3.88. The van der Waals surface area contributed by atoms with Gasteiger partial charge in [0.05, 0.1) is 11.0 Å². The second kappa shape index (κ2) is 6.06. The van der Waals surface area contributed by atoms with E-state index in [9.17, 15) is 9.59 Å². The first-order valence-electron chi connectivity index (χ1n) is 8.78. The quantitative estimate of drug-likeness (QED) is 0.658. The first-order chi connectivity index (χ1) is 11.6. The first kappa shape index (κ1) is 15.4. The van der Waals surface area contributed by atoms with Gasteiger partial charge in [0.15, 0.2) is 0 Å². The molecule has 126 valence electrons. The maximum atomic E-state index is 11.8. The summed E-state index contributed by atoms with van der Waals surface area (Å²) in [6.45, 7) is 4.97. The summed E-state index contributed by atoms with van der Waals surface area (Å²) in [5, 5.41) is 0. The zero-order valence-corrected chi connectivity index (χ0v) is 14.0. The van der Waals surface area contributed by atoms with Gasteiger partial charge in [-0.3, -0.25) is 14.5 Å². The topological polar surface area (TPSA) is 69.0 Å². The van der Waals surface area contributed by atoms with Crippen molar-refractivity contribution < 1.29 is 0 Å². The van der Waals surface area contributed by atoms with Crippen LogP contribution in [0.5, 0.6) is 0 Å². The monoisotopic (exact) mass is 325 g/mol. The molecule has 0 spiro atoms. The van der Waals surface area contributed by atoms with E-state index in [1.54, 1.807) is 5.57 Å². The van der Waals surface area contributed by atoms with Crippen molar-refractivity contribution in [3.8, 4) is 0 Å². The van der Waals surface area contributed by atoms with Crippen LogP contribution in [0.2, 0.25) is 0 Å². The van der Waals surface area contributed by atoms with E-state index in [0.29, 0.717) is 5.52 Å². The molecular weight excluding hydrogens is 302 g/mol. The van der Waals surface area contributed by atoms with Crippen molar-refractivity contribution in [3.63, 3.8) is 0 Å². The molecule has 24 heavy (non-hydrogen) atoms. The van der Waals surface area contributed by atoms with Gasteiger partial charge >= 0.3 is 11.1 Å². The van der Waals surface area contributed by atoms with Crippen molar-refractivity contribution in [2.45, 2.75) is 39.2 Å². The van der Waals surface area contributed by atoms with Gasteiger partial charge in [-0.05, 0) is 62.3 Å². The van der Waals surface area contributed by atoms with Gasteiger partial charge in [-0.2, -0.15) is 0 Å². The van der Waals surface area contributed by atoms with E-state index < -0.39 is 11.1 Å². The van der Waals surface area contributed by atoms with Gasteiger partial charge in [0.2, 0.25) is 0 Å². The molecule has 0 amide bonds. The molecule has 2 aromatic rings. The van der Waals surface area contributed by atoms with E-state index >= 15 is 0 Å². The van der Waals surface area contributed by atoms with Crippen molar-refractivity contribution in [1.29, 1.82) is 0 Å². The van der Waals surface area contributed by atoms with Crippen molar-refractivity contribution >= 4 is 11.0 Å². The van der Waals surface area contributed by atoms with Crippen molar-refractivity contribution in [2.75, 3.05) is 13.1 Å². The molecule has 1 aliphatic carbocycles. The predicted molar refractivity (Wildman–Crippen MR) is 95.2 cm³/mol. The molecule has 5 nitrogen and oxygen atoms in total. The molecule has 1 unspecified atom stereocenters. The van der Waals surface area contributed by atoms with Crippen LogP contribution in [0.4, 0.5) is 0 Å². The molecule has 0 bridgehead atoms. The molecule has 2 aliphatic rings. The number of piperidine rings is 1. The van der Waals surface area contributed by atoms with E-state index in [4.69, 9.17) is 0 Å². The number of rotatable bonds is 2. The largest absolute Gasteiger partial charge is 0.316 e. The standard InChI is InChI=1S/C19H23N3O2/c1-12-6-7-16-17(21-19(24)18(23)20-16)15(12)11-22-9-8-13-4-2-3-5-14(13)10-22/h5-7,13H,2-4,8-11H2,1H3,(H,20,23)(H,21,24). The fourth-order valence-corrected chi connectivity index (χ4v) is 4.11. The third-order valence-corrected chi connectivity index (χ3v) is 5.51. The Labute approximate surface area is 140 Å². The van der Waals surface area contributed by atoms with E-state index in [0.717, 1.165) is 42.2 Å². The second-order valence-electron chi connectivity index (χ2n) is 7.10. The highest BCUT2D eigenvalue weighted by atomic mass is 16.2. The molecule has 2 N–H and O–H groups in total. The number of nitrogens with one attached hydrogen (secondary N) is 2. The first-order valence-corrected chi connectivity index (χ1v) is 8.78. The number of nitrogens with zero attached hydrogens (tertiary/aromatic N) is 1. The Morgan fingerprint density at radius 2 is 2.00 bits per heavy atom. The SMILES string of the molecule is Cc1ccc2[nH]c(=O)c(=O)[nH]c2c1CN1CCC2CCCC=C2C1. The van der Waals surface area contributed by atoms with Crippen molar-refractivity contribution in [2.24, 2.45) is 5.92 Å². The molecule has 5 heteroatoms. The van der Waals surface area contributed by atoms with Crippen molar-refractivity contribution in [1.82, 2.24) is 14.9 Å². The van der Waals surface area contributed by atoms with Crippen LogP contribution < -0.4 is 11.1 Å². The summed E-state index contributed by atoms with van der Waals surface area (Å²) in [6.07, 6.45) is 7.52. The molecule has 0 saturated carbocycles. The summed E-state index contributed by atoms with van der Waals surface area (Å²) in [7, 11) is 0. The van der Waals surface area contributed by atoms with Crippen LogP contribution in [-0.4, -0.2) is 28.0 Å². The number of fused-ring (bicyclic) bond motifs is 2. The molecule has 1 saturated heterocycles. The second-order valence-corrected chi connectivity index (χ2v) is 7.10. The van der Waals surface area contributed by atoms with Crippen LogP contribution in [-0.2, 0) is 6.54 Å². The van der Waals surface area contributed by atoms with Gasteiger partial charge in [-0.25, -0.2) is 0 Å². The van der Waals surface area contributed by atoms with Crippen molar-refractivity contribution in [3.05, 3.63) is 55.6 Å². The zero-order chi connectivity index (χ0) is 16.7. The summed E-state index contributed by atoms with van der Waals surface area (Å²) in [4.78, 5) is 31.2. The number of hydrogen-bond acceptors (Lipinski definition) is 3. The minimum absolute atomic E-state index is 0.581. The average molecular weight is 325 g/mol. The molecule has 1 aliphatic heterocycles. The van der Waals surface area contributed by atoms with Gasteiger partial charge in [0, 0.05) is 13.1 Å². The van der Waals surface area contributed by atoms with Crippen LogP contribution in [0.1, 0.15) is 36.8 Å². The summed E-state index contributed by atoms with van der Waals surface area (Å²) < 4.78 is 0. The van der Waals surface area contributed by atoms with Crippen LogP contribution in [0.3, 0.4) is 0 Å². The number of aromatic amines is 2. The lowest BCUT2D eigenvalue weighted by Gasteiger charge is -2.36. The summed E-state index contributed by atoms with van der Waals surface area (Å²) in [5.41, 5.74) is 4.13. The van der Waals surface area contributed by atoms with Gasteiger partial charge in [-0.15, -0.1) is 0 Å². The highest BCUT2D eigenvalue weighted by Gasteiger charge is 2.26. The maximum Gasteiger partial charge on any atom is 0.314 e. The molecule has 1 fully saturated rings. The Morgan fingerprint density at radius 1 is 1.17 bits per heavy atom. The lowest BCUT2D eigenvalue weighted by Crippen LogP contribution is -2.36. The molecule has 1 aromatic carbocycles. The van der Waals surface area contributed by atoms with Gasteiger partial charge < -0.3 is 9.97 Å². The summed E-state index contributed by atoms with van der Waals surface area (Å²) in [5.74, 6) is 0.778. The highest BCUT2D eigenvalue weighted by Crippen LogP contribution is 2.33. The lowest BCUT2D eigenvalue weighted by molar-refractivity contribution is 0.215. The predicted octanol–water partition coefficient (Wildman–Crippen LogP) is 2.46. The summed E-state index contributed by atoms with van der Waals surface area (Å²) >= 11 is 0. The van der Waals surface area contributed by atoms with Gasteiger partial charge in [0.25, 0.3) is 0 Å². The average Bonchev–Trinajstić information content (AvgIpc) is 2.59. The third-order valence-electron chi connectivity index (χ3n) is 5.51. The molecule has 1 aromatic heterocycles. The molecule has 4 rings (SSSR count). The summed E-state index contributed by atoms with van der Waals surface area (Å²) in [6, 6.07) is 3.87. The van der Waals surface area contributed by atoms with Gasteiger partial charge in [-0.1, -0.05) is 17.7 Å². The number of likely N-dealkylation sites (tertiary alicyclic amines) is 1. The normalized spacial score (nSPS) is 21.5. The Morgan fingerprint density at radius 3 is 2.88 bits per heavy atom. The minimum atomic E-state index is -0.592. The smallest absolute Gasteiger partial charge is 0.314 e. The third kappa shape index (κ3) is 2.73. The number of allylic oxidation sites excluding steroid dienone is 1. The van der Waals surface area contributed by atoms with Crippen LogP contribution in [0.25, 0.3) is 11.0 Å². The van der Waals surface area contributed by atoms with Crippen LogP contribution in [0.15, 0.2) is 33.4 Å². The lowest BCUT2D eigenvalue weighted by atomic mass is 9.82. The Hall–Kier alpha value is -2.14. The van der Waals surface area contributed by atoms with Crippen LogP contribution >= 0.6 is 0 Å². The fraction of sp³-hybridized carbons (Fsp3) is 0.474. The van der Waals surface area contributed by atoms with Gasteiger partial charge in [0.1, 0.15) is 0 Å². The zero-order valence-electron chi connectivity index (χ0n) is 14.0. The fourth-order valence-electron chi connectivity index (χ4n) is 4.11. The van der Waals surface area contributed by atoms with E-state index in [2.05, 4.69) is 27.9 Å². The molecule has 0 radical (unpaired) electrons. The molecular formula is C19H23N3O2. The highest BCUT2D eigenvalue weighted by molar-refractivity contribution is 5.78. The van der Waals surface area contributed by atoms with E-state index in [1.165, 1.54) is 25.7 Å². The number of H-pyrrole nitrogens is 2. The Balaban J connectivity index is 1.68. The molecule has 1 atom stereocenters. The Bertz CT molecular complexity index is 922. The number of hydrogen-bond donors (Lipinski definition) is 2. The van der Waals surface area contributed by atoms with E-state index in [1.807, 2.05) is 12.1 Å². The number of benzene rings is 1. The minimum Gasteiger partial charge on any atom is -0.316 e. The number of aryl methyl sites for hydroxylation is 1. The maximum absolute atomic E-state index is 11.8. The molecule has 2 heterocycles.